The first kappa shape index (κ1) is 19.1. The number of phenolic OH excluding ortho intramolecular Hbond substituents is 1. The van der Waals surface area contributed by atoms with Gasteiger partial charge in [0, 0.05) is 14.1 Å². The fourth-order valence-electron chi connectivity index (χ4n) is 3.08. The summed E-state index contributed by atoms with van der Waals surface area (Å²) in [5, 5.41) is 22.8. The van der Waals surface area contributed by atoms with Gasteiger partial charge >= 0.3 is 6.03 Å². The number of aromatic nitrogens is 2. The molecule has 1 aliphatic heterocycles. The molecule has 10 nitrogen and oxygen atoms in total. The van der Waals surface area contributed by atoms with E-state index in [1.54, 1.807) is 43.5 Å². The highest BCUT2D eigenvalue weighted by Gasteiger charge is 2.38. The van der Waals surface area contributed by atoms with Crippen molar-refractivity contribution in [2.45, 2.75) is 0 Å². The number of hydrogen-bond donors (Lipinski definition) is 1. The smallest absolute Gasteiger partial charge is 0.330 e. The quantitative estimate of drug-likeness (QED) is 0.664. The van der Waals surface area contributed by atoms with E-state index < -0.39 is 5.91 Å². The number of amides is 2. The highest BCUT2D eigenvalue weighted by Crippen LogP contribution is 2.43. The fraction of sp³-hybridized carbons (Fsp3) is 0.150. The Hall–Kier alpha value is -4.21. The van der Waals surface area contributed by atoms with Crippen LogP contribution in [-0.4, -0.2) is 48.0 Å². The van der Waals surface area contributed by atoms with E-state index in [2.05, 4.69) is 15.3 Å². The maximum atomic E-state index is 13.0. The lowest BCUT2D eigenvalue weighted by molar-refractivity contribution is 0.0945. The maximum absolute atomic E-state index is 13.0. The number of urea groups is 1. The summed E-state index contributed by atoms with van der Waals surface area (Å²) in [6, 6.07) is 12.7. The van der Waals surface area contributed by atoms with Gasteiger partial charge in [0.1, 0.15) is 11.5 Å². The highest BCUT2D eigenvalue weighted by atomic mass is 16.5. The van der Waals surface area contributed by atoms with Crippen LogP contribution in [0.1, 0.15) is 10.4 Å². The molecule has 0 radical (unpaired) electrons. The van der Waals surface area contributed by atoms with Crippen molar-refractivity contribution < 1.29 is 19.4 Å². The van der Waals surface area contributed by atoms with Crippen LogP contribution < -0.4 is 14.5 Å². The van der Waals surface area contributed by atoms with Crippen molar-refractivity contribution in [1.29, 1.82) is 0 Å². The molecule has 1 N–H and O–H groups in total. The molecule has 4 rings (SSSR count). The second-order valence-corrected chi connectivity index (χ2v) is 6.53. The van der Waals surface area contributed by atoms with Gasteiger partial charge in [0.2, 0.25) is 0 Å². The number of hydrogen-bond acceptors (Lipinski definition) is 7. The molecule has 30 heavy (non-hydrogen) atoms. The number of para-hydroxylation sites is 1. The summed E-state index contributed by atoms with van der Waals surface area (Å²) in [5.41, 5.74) is 0.876. The van der Waals surface area contributed by atoms with Gasteiger partial charge in [0.15, 0.2) is 17.3 Å². The molecule has 0 fully saturated rings. The molecule has 3 aromatic rings. The molecule has 152 valence electrons. The molecule has 0 unspecified atom stereocenters. The van der Waals surface area contributed by atoms with Gasteiger partial charge < -0.3 is 9.84 Å². The molecular weight excluding hydrogens is 388 g/mol. The largest absolute Gasteiger partial charge is 0.507 e. The molecule has 2 amide bonds. The van der Waals surface area contributed by atoms with Gasteiger partial charge in [0.05, 0.1) is 18.4 Å². The minimum atomic E-state index is -0.592. The molecule has 2 heterocycles. The highest BCUT2D eigenvalue weighted by molar-refractivity contribution is 6.13. The summed E-state index contributed by atoms with van der Waals surface area (Å²) in [7, 11) is 4.62. The van der Waals surface area contributed by atoms with Gasteiger partial charge in [-0.1, -0.05) is 12.1 Å². The average Bonchev–Trinajstić information content (AvgIpc) is 3.11. The van der Waals surface area contributed by atoms with Crippen LogP contribution in [0.4, 0.5) is 27.8 Å². The van der Waals surface area contributed by atoms with Crippen molar-refractivity contribution in [3.8, 4) is 11.5 Å². The van der Waals surface area contributed by atoms with Crippen molar-refractivity contribution in [2.24, 2.45) is 10.2 Å². The molecule has 0 atom stereocenters. The first-order valence-electron chi connectivity index (χ1n) is 8.95. The van der Waals surface area contributed by atoms with Crippen molar-refractivity contribution >= 4 is 34.9 Å². The predicted molar refractivity (Wildman–Crippen MR) is 109 cm³/mol. The van der Waals surface area contributed by atoms with E-state index in [0.717, 1.165) is 4.68 Å². The van der Waals surface area contributed by atoms with Crippen molar-refractivity contribution in [3.05, 3.63) is 54.1 Å². The van der Waals surface area contributed by atoms with Gasteiger partial charge in [0.25, 0.3) is 5.91 Å². The third-order valence-corrected chi connectivity index (χ3v) is 4.69. The molecule has 1 aromatic heterocycles. The molecular formula is C20H18N6O4. The summed E-state index contributed by atoms with van der Waals surface area (Å²) >= 11 is 0. The number of aromatic hydroxyl groups is 1. The Morgan fingerprint density at radius 2 is 1.73 bits per heavy atom. The number of azo groups is 1. The van der Waals surface area contributed by atoms with Crippen molar-refractivity contribution in [1.82, 2.24) is 9.78 Å². The zero-order chi connectivity index (χ0) is 21.4. The lowest BCUT2D eigenvalue weighted by Crippen LogP contribution is -2.41. The van der Waals surface area contributed by atoms with Crippen LogP contribution >= 0.6 is 0 Å². The number of ether oxygens (including phenoxy) is 1. The standard InChI is InChI=1S/C20H18N6O4/c1-24-17-16(22-21-12-8-10-13(30-3)11-9-12)18(25(2)20(24)29)26(23-17)19(28)14-6-4-5-7-15(14)27/h4-11,27H,1-3H3. The minimum absolute atomic E-state index is 0.0526. The molecule has 0 aliphatic carbocycles. The summed E-state index contributed by atoms with van der Waals surface area (Å²) in [6.45, 7) is 0. The Labute approximate surface area is 171 Å². The number of carbonyl (C=O) groups excluding carboxylic acids is 2. The van der Waals surface area contributed by atoms with Crippen LogP contribution in [0.2, 0.25) is 0 Å². The van der Waals surface area contributed by atoms with E-state index in [1.807, 2.05) is 0 Å². The Bertz CT molecular complexity index is 1170. The Morgan fingerprint density at radius 1 is 1.03 bits per heavy atom. The van der Waals surface area contributed by atoms with Crippen molar-refractivity contribution in [2.75, 3.05) is 31.0 Å². The molecule has 2 aromatic carbocycles. The molecule has 0 spiro atoms. The molecule has 1 aliphatic rings. The normalized spacial score (nSPS) is 13.2. The first-order valence-corrected chi connectivity index (χ1v) is 8.95. The molecule has 2 bridgehead atoms. The second kappa shape index (κ2) is 7.32. The summed E-state index contributed by atoms with van der Waals surface area (Å²) < 4.78 is 6.17. The average molecular weight is 406 g/mol. The summed E-state index contributed by atoms with van der Waals surface area (Å²) in [6.07, 6.45) is 0. The van der Waals surface area contributed by atoms with Crippen LogP contribution in [0.15, 0.2) is 58.8 Å². The number of carbonyl (C=O) groups is 2. The van der Waals surface area contributed by atoms with Gasteiger partial charge in [-0.2, -0.15) is 9.80 Å². The van der Waals surface area contributed by atoms with Crippen LogP contribution in [0.5, 0.6) is 11.5 Å². The summed E-state index contributed by atoms with van der Waals surface area (Å²) in [5.74, 6) is 0.258. The van der Waals surface area contributed by atoms with E-state index in [-0.39, 0.29) is 34.7 Å². The van der Waals surface area contributed by atoms with Gasteiger partial charge in [-0.15, -0.1) is 10.2 Å². The second-order valence-electron chi connectivity index (χ2n) is 6.53. The van der Waals surface area contributed by atoms with E-state index in [1.165, 1.54) is 36.0 Å². The molecule has 0 saturated carbocycles. The Balaban J connectivity index is 1.80. The lowest BCUT2D eigenvalue weighted by atomic mass is 10.2. The van der Waals surface area contributed by atoms with Crippen LogP contribution in [-0.2, 0) is 0 Å². The SMILES string of the molecule is COc1ccc(N=Nc2c3nn(C(=O)c4ccccc4O)c2N(C)C(=O)N3C)cc1. The van der Waals surface area contributed by atoms with Crippen molar-refractivity contribution in [3.63, 3.8) is 0 Å². The maximum Gasteiger partial charge on any atom is 0.330 e. The third kappa shape index (κ3) is 3.04. The topological polar surface area (TPSA) is 113 Å². The number of anilines is 2. The van der Waals surface area contributed by atoms with Crippen LogP contribution in [0.25, 0.3) is 0 Å². The fourth-order valence-corrected chi connectivity index (χ4v) is 3.08. The monoisotopic (exact) mass is 406 g/mol. The number of nitrogens with zero attached hydrogens (tertiary/aromatic N) is 6. The Kier molecular flexibility index (Phi) is 4.66. The van der Waals surface area contributed by atoms with Gasteiger partial charge in [-0.05, 0) is 36.4 Å². The van der Waals surface area contributed by atoms with E-state index in [9.17, 15) is 14.7 Å². The number of phenols is 1. The predicted octanol–water partition coefficient (Wildman–Crippen LogP) is 3.71. The summed E-state index contributed by atoms with van der Waals surface area (Å²) in [4.78, 5) is 28.1. The number of fused-ring (bicyclic) bond motifs is 2. The first-order chi connectivity index (χ1) is 14.4. The Morgan fingerprint density at radius 3 is 2.40 bits per heavy atom. The lowest BCUT2D eigenvalue weighted by Gasteiger charge is -2.26. The van der Waals surface area contributed by atoms with E-state index in [0.29, 0.717) is 11.4 Å². The van der Waals surface area contributed by atoms with E-state index in [4.69, 9.17) is 4.74 Å². The molecule has 10 heteroatoms. The van der Waals surface area contributed by atoms with Gasteiger partial charge in [-0.25, -0.2) is 4.79 Å². The van der Waals surface area contributed by atoms with Crippen LogP contribution in [0.3, 0.4) is 0 Å². The minimum Gasteiger partial charge on any atom is -0.507 e. The van der Waals surface area contributed by atoms with Crippen LogP contribution in [0, 0.1) is 0 Å². The number of rotatable bonds is 4. The van der Waals surface area contributed by atoms with E-state index >= 15 is 0 Å². The molecule has 0 saturated heterocycles. The zero-order valence-electron chi connectivity index (χ0n) is 16.5. The van der Waals surface area contributed by atoms with Gasteiger partial charge in [-0.3, -0.25) is 14.6 Å². The number of methoxy groups -OCH3 is 1. The third-order valence-electron chi connectivity index (χ3n) is 4.69. The number of benzene rings is 2. The zero-order valence-corrected chi connectivity index (χ0v) is 16.5.